The van der Waals surface area contributed by atoms with Gasteiger partial charge in [0.25, 0.3) is 5.60 Å². The number of fused-ring (bicyclic) bond motifs is 2. The largest absolute Gasteiger partial charge is 0.462 e. The first kappa shape index (κ1) is 23.3. The molecule has 0 aromatic heterocycles. The smallest absolute Gasteiger partial charge is 0.426 e. The van der Waals surface area contributed by atoms with Crippen molar-refractivity contribution in [3.63, 3.8) is 0 Å². The van der Waals surface area contributed by atoms with E-state index in [1.807, 2.05) is 0 Å². The summed E-state index contributed by atoms with van der Waals surface area (Å²) in [5, 5.41) is 0. The minimum Gasteiger partial charge on any atom is -0.462 e. The molecule has 0 aromatic rings. The highest BCUT2D eigenvalue weighted by molar-refractivity contribution is 5.73. The van der Waals surface area contributed by atoms with E-state index in [4.69, 9.17) is 4.74 Å². The van der Waals surface area contributed by atoms with Crippen molar-refractivity contribution in [2.45, 2.75) is 82.7 Å². The molecule has 164 valence electrons. The van der Waals surface area contributed by atoms with Crippen LogP contribution < -0.4 is 0 Å². The molecule has 10 heteroatoms. The van der Waals surface area contributed by atoms with Crippen LogP contribution in [0.25, 0.3) is 0 Å². The normalized spacial score (nSPS) is 27.1. The summed E-state index contributed by atoms with van der Waals surface area (Å²) in [6.45, 7) is 2.91. The van der Waals surface area contributed by atoms with Gasteiger partial charge in [-0.05, 0) is 51.9 Å². The highest BCUT2D eigenvalue weighted by Crippen LogP contribution is 2.52. The minimum absolute atomic E-state index is 0.100. The average molecular weight is 420 g/mol. The minimum atomic E-state index is -5.80. The van der Waals surface area contributed by atoms with Crippen LogP contribution in [-0.2, 0) is 19.0 Å². The fourth-order valence-corrected chi connectivity index (χ4v) is 4.28. The molecule has 4 atom stereocenters. The van der Waals surface area contributed by atoms with Crippen molar-refractivity contribution in [3.05, 3.63) is 0 Å². The van der Waals surface area contributed by atoms with Gasteiger partial charge >= 0.3 is 18.3 Å². The fraction of sp³-hybridized carbons (Fsp3) is 0.944. The van der Waals surface area contributed by atoms with E-state index < -0.39 is 48.2 Å². The number of esters is 1. The number of hydrogen-bond donors (Lipinski definition) is 0. The van der Waals surface area contributed by atoms with Crippen LogP contribution in [0, 0.1) is 17.8 Å². The molecule has 0 radical (unpaired) electrons. The van der Waals surface area contributed by atoms with Gasteiger partial charge in [-0.3, -0.25) is 4.79 Å². The number of rotatable bonds is 7. The Hall–Kier alpha value is -1.03. The van der Waals surface area contributed by atoms with E-state index in [-0.39, 0.29) is 5.92 Å². The second-order valence-corrected chi connectivity index (χ2v) is 8.26. The first-order chi connectivity index (χ1) is 12.6. The van der Waals surface area contributed by atoms with E-state index in [0.717, 1.165) is 47.1 Å². The molecule has 0 aliphatic heterocycles. The fourth-order valence-electron chi connectivity index (χ4n) is 4.28. The molecule has 28 heavy (non-hydrogen) atoms. The average Bonchev–Trinajstić information content (AvgIpc) is 3.14. The van der Waals surface area contributed by atoms with Gasteiger partial charge in [-0.25, -0.2) is 0 Å². The zero-order valence-corrected chi connectivity index (χ0v) is 16.2. The van der Waals surface area contributed by atoms with Gasteiger partial charge < -0.3 is 14.2 Å². The first-order valence-corrected chi connectivity index (χ1v) is 9.21. The Bertz CT molecular complexity index is 557. The maximum atomic E-state index is 13.6. The molecular formula is C18H26F6O4. The topological polar surface area (TPSA) is 44.8 Å². The molecule has 2 bridgehead atoms. The van der Waals surface area contributed by atoms with Crippen LogP contribution in [0.5, 0.6) is 0 Å². The van der Waals surface area contributed by atoms with Crippen molar-refractivity contribution < 1.29 is 45.3 Å². The number of carbonyl (C=O) groups excluding carboxylic acids is 1. The quantitative estimate of drug-likeness (QED) is 0.330. The highest BCUT2D eigenvalue weighted by atomic mass is 19.4. The van der Waals surface area contributed by atoms with Crippen LogP contribution in [-0.4, -0.2) is 42.9 Å². The Labute approximate surface area is 159 Å². The van der Waals surface area contributed by atoms with Crippen molar-refractivity contribution >= 4 is 5.97 Å². The predicted octanol–water partition coefficient (Wildman–Crippen LogP) is 5.01. The Morgan fingerprint density at radius 1 is 1.04 bits per heavy atom. The molecule has 2 saturated carbocycles. The van der Waals surface area contributed by atoms with Crippen molar-refractivity contribution in [2.75, 3.05) is 7.11 Å². The Kier molecular flexibility index (Phi) is 6.36. The first-order valence-electron chi connectivity index (χ1n) is 9.21. The molecular weight excluding hydrogens is 394 g/mol. The number of ether oxygens (including phenoxy) is 3. The van der Waals surface area contributed by atoms with Crippen molar-refractivity contribution in [2.24, 2.45) is 17.8 Å². The van der Waals surface area contributed by atoms with Gasteiger partial charge in [0.05, 0.1) is 5.92 Å². The molecule has 2 fully saturated rings. The lowest BCUT2D eigenvalue weighted by Crippen LogP contribution is -2.63. The van der Waals surface area contributed by atoms with E-state index in [1.54, 1.807) is 0 Å². The number of carbonyl (C=O) groups is 1. The van der Waals surface area contributed by atoms with Crippen molar-refractivity contribution in [1.82, 2.24) is 0 Å². The second-order valence-electron chi connectivity index (χ2n) is 8.26. The Morgan fingerprint density at radius 3 is 2.00 bits per heavy atom. The number of methoxy groups -OCH3 is 1. The Morgan fingerprint density at radius 2 is 1.61 bits per heavy atom. The molecule has 0 saturated heterocycles. The van der Waals surface area contributed by atoms with Crippen LogP contribution in [0.1, 0.15) is 52.9 Å². The van der Waals surface area contributed by atoms with Crippen LogP contribution in [0.15, 0.2) is 0 Å². The third-order valence-electron chi connectivity index (χ3n) is 5.76. The summed E-state index contributed by atoms with van der Waals surface area (Å²) in [4.78, 5) is 12.3. The van der Waals surface area contributed by atoms with E-state index in [0.29, 0.717) is 12.3 Å². The van der Waals surface area contributed by atoms with Gasteiger partial charge in [0.15, 0.2) is 5.79 Å². The Balaban J connectivity index is 2.19. The van der Waals surface area contributed by atoms with Crippen LogP contribution >= 0.6 is 0 Å². The lowest BCUT2D eigenvalue weighted by molar-refractivity contribution is -0.429. The van der Waals surface area contributed by atoms with Gasteiger partial charge in [-0.1, -0.05) is 6.42 Å². The molecule has 2 rings (SSSR count). The van der Waals surface area contributed by atoms with Gasteiger partial charge in [-0.15, -0.1) is 0 Å². The maximum absolute atomic E-state index is 13.6. The summed E-state index contributed by atoms with van der Waals surface area (Å²) in [5.41, 5.74) is -4.53. The zero-order valence-electron chi connectivity index (χ0n) is 16.2. The molecule has 0 aromatic carbocycles. The van der Waals surface area contributed by atoms with E-state index in [2.05, 4.69) is 9.47 Å². The van der Waals surface area contributed by atoms with E-state index >= 15 is 0 Å². The van der Waals surface area contributed by atoms with Gasteiger partial charge in [0.1, 0.15) is 6.10 Å². The molecule has 0 heterocycles. The van der Waals surface area contributed by atoms with Crippen LogP contribution in [0.2, 0.25) is 0 Å². The van der Waals surface area contributed by atoms with E-state index in [1.165, 1.54) is 0 Å². The third kappa shape index (κ3) is 4.58. The molecule has 2 aliphatic rings. The molecule has 4 nitrogen and oxygen atoms in total. The SMILES string of the molecule is COC(C)(C)OC(CC(C)OC(=O)C1CC2CCC1C2)(C(F)(F)F)C(F)(F)F. The predicted molar refractivity (Wildman–Crippen MR) is 86.1 cm³/mol. The summed E-state index contributed by atoms with van der Waals surface area (Å²) >= 11 is 0. The van der Waals surface area contributed by atoms with Crippen LogP contribution in [0.4, 0.5) is 26.3 Å². The summed E-state index contributed by atoms with van der Waals surface area (Å²) in [5.74, 6) is -2.87. The second kappa shape index (κ2) is 7.66. The monoisotopic (exact) mass is 420 g/mol. The lowest BCUT2D eigenvalue weighted by Gasteiger charge is -2.43. The van der Waals surface area contributed by atoms with Gasteiger partial charge in [0.2, 0.25) is 0 Å². The number of hydrogen-bond acceptors (Lipinski definition) is 4. The molecule has 0 N–H and O–H groups in total. The highest BCUT2D eigenvalue weighted by Gasteiger charge is 2.74. The summed E-state index contributed by atoms with van der Waals surface area (Å²) in [7, 11) is 0.941. The van der Waals surface area contributed by atoms with Crippen molar-refractivity contribution in [1.29, 1.82) is 0 Å². The third-order valence-corrected chi connectivity index (χ3v) is 5.76. The number of alkyl halides is 6. The molecule has 0 amide bonds. The summed E-state index contributed by atoms with van der Waals surface area (Å²) < 4.78 is 95.8. The molecule has 2 aliphatic carbocycles. The lowest BCUT2D eigenvalue weighted by atomic mass is 9.89. The van der Waals surface area contributed by atoms with Crippen LogP contribution in [0.3, 0.4) is 0 Å². The standard InChI is InChI=1S/C18H26F6O4/c1-10(27-14(25)13-8-11-5-6-12(13)7-11)9-16(17(19,20)21,18(22,23)24)28-15(2,3)26-4/h10-13H,5-9H2,1-4H3. The zero-order chi connectivity index (χ0) is 21.5. The summed E-state index contributed by atoms with van der Waals surface area (Å²) in [6, 6.07) is 0. The van der Waals surface area contributed by atoms with Gasteiger partial charge in [0, 0.05) is 13.5 Å². The molecule has 4 unspecified atom stereocenters. The van der Waals surface area contributed by atoms with Crippen molar-refractivity contribution in [3.8, 4) is 0 Å². The van der Waals surface area contributed by atoms with Gasteiger partial charge in [-0.2, -0.15) is 26.3 Å². The maximum Gasteiger partial charge on any atom is 0.426 e. The summed E-state index contributed by atoms with van der Waals surface area (Å²) in [6.07, 6.45) is -11.6. The molecule has 0 spiro atoms. The number of halogens is 6. The van der Waals surface area contributed by atoms with E-state index in [9.17, 15) is 31.1 Å².